The first-order chi connectivity index (χ1) is 14.5. The number of carbonyl (C=O) groups is 2. The van der Waals surface area contributed by atoms with Crippen molar-refractivity contribution < 1.29 is 18.7 Å². The van der Waals surface area contributed by atoms with Gasteiger partial charge in [0.05, 0.1) is 35.9 Å². The van der Waals surface area contributed by atoms with Crippen LogP contribution in [0.4, 0.5) is 20.6 Å². The van der Waals surface area contributed by atoms with E-state index in [9.17, 15) is 14.0 Å². The summed E-state index contributed by atoms with van der Waals surface area (Å²) < 4.78 is 20.1. The van der Waals surface area contributed by atoms with Gasteiger partial charge in [0.15, 0.2) is 0 Å². The Bertz CT molecular complexity index is 860. The summed E-state index contributed by atoms with van der Waals surface area (Å²) in [6, 6.07) is 6.91. The molecular formula is C21H24BrFN4O3. The third kappa shape index (κ3) is 5.51. The molecule has 9 heteroatoms. The highest BCUT2D eigenvalue weighted by molar-refractivity contribution is 9.09. The molecule has 2 aliphatic heterocycles. The number of hydrogen-bond donors (Lipinski definition) is 1. The van der Waals surface area contributed by atoms with Crippen molar-refractivity contribution in [3.05, 3.63) is 35.7 Å². The Morgan fingerprint density at radius 2 is 2.17 bits per heavy atom. The van der Waals surface area contributed by atoms with Crippen molar-refractivity contribution in [1.29, 1.82) is 5.26 Å². The van der Waals surface area contributed by atoms with Gasteiger partial charge in [-0.1, -0.05) is 27.6 Å². The molecule has 2 fully saturated rings. The lowest BCUT2D eigenvalue weighted by molar-refractivity contribution is -0.118. The van der Waals surface area contributed by atoms with Gasteiger partial charge in [-0.05, 0) is 37.5 Å². The van der Waals surface area contributed by atoms with Gasteiger partial charge in [-0.15, -0.1) is 0 Å². The van der Waals surface area contributed by atoms with Crippen LogP contribution in [0.2, 0.25) is 0 Å². The van der Waals surface area contributed by atoms with E-state index in [0.29, 0.717) is 17.8 Å². The van der Waals surface area contributed by atoms with Crippen LogP contribution in [-0.2, 0) is 9.53 Å². The molecular weight excluding hydrogens is 455 g/mol. The second kappa shape index (κ2) is 10.4. The normalized spacial score (nSPS) is 18.8. The summed E-state index contributed by atoms with van der Waals surface area (Å²) in [7, 11) is 0. The molecule has 7 nitrogen and oxygen atoms in total. The number of ether oxygens (including phenoxy) is 1. The largest absolute Gasteiger partial charge is 0.442 e. The first-order valence-corrected chi connectivity index (χ1v) is 11.0. The van der Waals surface area contributed by atoms with Gasteiger partial charge in [-0.3, -0.25) is 9.69 Å². The van der Waals surface area contributed by atoms with Crippen LogP contribution in [0.25, 0.3) is 0 Å². The minimum absolute atomic E-state index is 0.178. The minimum atomic E-state index is -0.551. The molecule has 1 aromatic rings. The molecule has 1 N–H and O–H groups in total. The highest BCUT2D eigenvalue weighted by Gasteiger charge is 2.33. The van der Waals surface area contributed by atoms with Crippen molar-refractivity contribution in [2.45, 2.75) is 31.8 Å². The number of piperidine rings is 1. The molecule has 1 atom stereocenters. The molecule has 0 bridgehead atoms. The number of nitrogens with zero attached hydrogens (tertiary/aromatic N) is 3. The zero-order valence-electron chi connectivity index (χ0n) is 16.6. The van der Waals surface area contributed by atoms with Crippen LogP contribution >= 0.6 is 15.9 Å². The average Bonchev–Trinajstić information content (AvgIpc) is 3.13. The van der Waals surface area contributed by atoms with Crippen molar-refractivity contribution in [2.75, 3.05) is 41.3 Å². The van der Waals surface area contributed by atoms with Gasteiger partial charge in [0, 0.05) is 19.5 Å². The molecule has 1 aromatic carbocycles. The second-order valence-corrected chi connectivity index (χ2v) is 7.80. The van der Waals surface area contributed by atoms with E-state index in [1.165, 1.54) is 16.5 Å². The first kappa shape index (κ1) is 22.1. The van der Waals surface area contributed by atoms with Crippen LogP contribution in [0, 0.1) is 17.1 Å². The van der Waals surface area contributed by atoms with Gasteiger partial charge in [0.1, 0.15) is 11.9 Å². The van der Waals surface area contributed by atoms with E-state index < -0.39 is 12.2 Å². The smallest absolute Gasteiger partial charge is 0.414 e. The highest BCUT2D eigenvalue weighted by Crippen LogP contribution is 2.30. The lowest BCUT2D eigenvalue weighted by atomic mass is 10.0. The summed E-state index contributed by atoms with van der Waals surface area (Å²) in [5.74, 6) is -0.572. The van der Waals surface area contributed by atoms with Crippen LogP contribution < -0.4 is 15.1 Å². The number of unbranched alkanes of at least 4 members (excludes halogenated alkanes) is 1. The second-order valence-electron chi connectivity index (χ2n) is 7.24. The number of amides is 2. The molecule has 2 amide bonds. The van der Waals surface area contributed by atoms with E-state index in [1.807, 2.05) is 4.90 Å². The summed E-state index contributed by atoms with van der Waals surface area (Å²) in [5.41, 5.74) is 2.27. The van der Waals surface area contributed by atoms with Gasteiger partial charge >= 0.3 is 6.09 Å². The highest BCUT2D eigenvalue weighted by atomic mass is 79.9. The van der Waals surface area contributed by atoms with Gasteiger partial charge in [-0.25, -0.2) is 9.18 Å². The molecule has 0 radical (unpaired) electrons. The number of cyclic esters (lactones) is 1. The van der Waals surface area contributed by atoms with Crippen molar-refractivity contribution in [2.24, 2.45) is 0 Å². The van der Waals surface area contributed by atoms with E-state index >= 15 is 0 Å². The molecule has 2 aliphatic rings. The number of nitrogens with one attached hydrogen (secondary N) is 1. The Hall–Kier alpha value is -2.60. The minimum Gasteiger partial charge on any atom is -0.442 e. The summed E-state index contributed by atoms with van der Waals surface area (Å²) in [4.78, 5) is 26.9. The Morgan fingerprint density at radius 3 is 2.83 bits per heavy atom. The van der Waals surface area contributed by atoms with Gasteiger partial charge in [0.25, 0.3) is 0 Å². The summed E-state index contributed by atoms with van der Waals surface area (Å²) >= 11 is 3.06. The topological polar surface area (TPSA) is 85.7 Å². The van der Waals surface area contributed by atoms with Gasteiger partial charge in [0.2, 0.25) is 5.91 Å². The predicted molar refractivity (Wildman–Crippen MR) is 115 cm³/mol. The van der Waals surface area contributed by atoms with E-state index in [0.717, 1.165) is 32.4 Å². The molecule has 2 heterocycles. The number of hydrogen-bond acceptors (Lipinski definition) is 5. The Labute approximate surface area is 183 Å². The summed E-state index contributed by atoms with van der Waals surface area (Å²) in [6.07, 6.45) is 4.09. The third-order valence-electron chi connectivity index (χ3n) is 5.20. The number of halogens is 2. The maximum atomic E-state index is 14.8. The van der Waals surface area contributed by atoms with Gasteiger partial charge < -0.3 is 15.0 Å². The first-order valence-electron chi connectivity index (χ1n) is 9.92. The van der Waals surface area contributed by atoms with Crippen LogP contribution in [0.1, 0.15) is 25.7 Å². The van der Waals surface area contributed by atoms with Crippen molar-refractivity contribution >= 4 is 39.3 Å². The molecule has 0 saturated carbocycles. The van der Waals surface area contributed by atoms with E-state index in [2.05, 4.69) is 33.4 Å². The fourth-order valence-electron chi connectivity index (χ4n) is 3.61. The number of alkyl halides is 1. The molecule has 3 rings (SSSR count). The number of nitriles is 1. The number of carbonyl (C=O) groups excluding carboxylic acids is 2. The fraction of sp³-hybridized carbons (Fsp3) is 0.476. The number of anilines is 2. The SMILES string of the molecule is N#CCCC=C1CCN(c2ccc(N3CC(CNC(=O)CBr)OC3=O)cc2F)CC1. The Morgan fingerprint density at radius 1 is 1.40 bits per heavy atom. The predicted octanol–water partition coefficient (Wildman–Crippen LogP) is 3.49. The zero-order chi connectivity index (χ0) is 21.5. The van der Waals surface area contributed by atoms with E-state index in [4.69, 9.17) is 10.00 Å². The molecule has 0 spiro atoms. The molecule has 160 valence electrons. The monoisotopic (exact) mass is 478 g/mol. The van der Waals surface area contributed by atoms with Gasteiger partial charge in [-0.2, -0.15) is 5.26 Å². The van der Waals surface area contributed by atoms with Crippen molar-refractivity contribution in [3.8, 4) is 6.07 Å². The average molecular weight is 479 g/mol. The number of allylic oxidation sites excluding steroid dienone is 1. The molecule has 30 heavy (non-hydrogen) atoms. The zero-order valence-corrected chi connectivity index (χ0v) is 18.2. The standard InChI is InChI=1S/C21H24BrFN4O3/c22-12-20(28)25-13-17-14-27(21(29)30-17)16-4-5-19(18(23)11-16)26-9-6-15(7-10-26)3-1-2-8-24/h3-5,11,17H,1-2,6-7,9-10,12-14H2,(H,25,28). The summed E-state index contributed by atoms with van der Waals surface area (Å²) in [6.45, 7) is 1.90. The molecule has 0 aliphatic carbocycles. The maximum absolute atomic E-state index is 14.8. The maximum Gasteiger partial charge on any atom is 0.414 e. The van der Waals surface area contributed by atoms with Crippen LogP contribution in [-0.4, -0.2) is 49.6 Å². The lowest BCUT2D eigenvalue weighted by Crippen LogP contribution is -2.35. The van der Waals surface area contributed by atoms with Crippen LogP contribution in [0.5, 0.6) is 0 Å². The summed E-state index contributed by atoms with van der Waals surface area (Å²) in [5, 5.41) is 11.5. The van der Waals surface area contributed by atoms with Crippen molar-refractivity contribution in [3.63, 3.8) is 0 Å². The molecule has 1 unspecified atom stereocenters. The van der Waals surface area contributed by atoms with E-state index in [-0.39, 0.29) is 30.1 Å². The number of rotatable bonds is 7. The fourth-order valence-corrected chi connectivity index (χ4v) is 3.81. The van der Waals surface area contributed by atoms with Crippen LogP contribution in [0.15, 0.2) is 29.8 Å². The Kier molecular flexibility index (Phi) is 7.69. The lowest BCUT2D eigenvalue weighted by Gasteiger charge is -2.31. The van der Waals surface area contributed by atoms with Crippen molar-refractivity contribution in [1.82, 2.24) is 5.32 Å². The molecule has 0 aromatic heterocycles. The van der Waals surface area contributed by atoms with Crippen LogP contribution in [0.3, 0.4) is 0 Å². The molecule has 2 saturated heterocycles. The number of benzene rings is 1. The van der Waals surface area contributed by atoms with E-state index in [1.54, 1.807) is 12.1 Å². The third-order valence-corrected chi connectivity index (χ3v) is 5.71. The Balaban J connectivity index is 1.59. The quantitative estimate of drug-likeness (QED) is 0.368.